The van der Waals surface area contributed by atoms with Crippen LogP contribution >= 0.6 is 0 Å². The molecule has 0 saturated carbocycles. The van der Waals surface area contributed by atoms with Crippen LogP contribution in [-0.4, -0.2) is 6.79 Å². The fraction of sp³-hybridized carbons (Fsp3) is 0.154. The second-order valence-electron chi connectivity index (χ2n) is 3.24. The van der Waals surface area contributed by atoms with Crippen LogP contribution < -0.4 is 0 Å². The lowest BCUT2D eigenvalue weighted by Crippen LogP contribution is -1.80. The van der Waals surface area contributed by atoms with Gasteiger partial charge in [-0.2, -0.15) is 0 Å². The van der Waals surface area contributed by atoms with Gasteiger partial charge in [-0.25, -0.2) is 0 Å². The Balaban J connectivity index is 0.000000461. The van der Waals surface area contributed by atoms with Gasteiger partial charge in [0.05, 0.1) is 0 Å². The lowest BCUT2D eigenvalue weighted by molar-refractivity contribution is -0.0979. The third kappa shape index (κ3) is 1.82. The van der Waals surface area contributed by atoms with Crippen LogP contribution in [0.15, 0.2) is 36.4 Å². The molecule has 0 spiro atoms. The molecule has 1 nitrogen and oxygen atoms in total. The molecular weight excluding hydrogens is 172 g/mol. The summed E-state index contributed by atoms with van der Waals surface area (Å²) in [6.45, 7) is 6.31. The van der Waals surface area contributed by atoms with Gasteiger partial charge in [0.15, 0.2) is 0 Å². The molecule has 2 aromatic carbocycles. The minimum absolute atomic E-state index is 1.36. The van der Waals surface area contributed by atoms with Crippen LogP contribution in [0.4, 0.5) is 0 Å². The van der Waals surface area contributed by atoms with E-state index in [4.69, 9.17) is 4.79 Å². The van der Waals surface area contributed by atoms with Crippen molar-refractivity contribution in [1.82, 2.24) is 0 Å². The predicted molar refractivity (Wildman–Crippen MR) is 60.5 cm³/mol. The molecule has 0 fully saturated rings. The molecular formula is C13H14O. The van der Waals surface area contributed by atoms with E-state index in [-0.39, 0.29) is 0 Å². The first-order chi connectivity index (χ1) is 6.79. The van der Waals surface area contributed by atoms with Crippen LogP contribution in [0.3, 0.4) is 0 Å². The molecule has 0 aliphatic carbocycles. The highest BCUT2D eigenvalue weighted by molar-refractivity contribution is 5.88. The summed E-state index contributed by atoms with van der Waals surface area (Å²) in [7, 11) is 0. The maximum absolute atomic E-state index is 8.00. The highest BCUT2D eigenvalue weighted by Gasteiger charge is 1.97. The number of rotatable bonds is 0. The number of benzene rings is 2. The Morgan fingerprint density at radius 1 is 0.786 bits per heavy atom. The SMILES string of the molecule is C=O.Cc1ccc(C)c2ccccc12. The molecule has 2 rings (SSSR count). The monoisotopic (exact) mass is 186 g/mol. The average molecular weight is 186 g/mol. The summed E-state index contributed by atoms with van der Waals surface area (Å²) in [6, 6.07) is 12.9. The van der Waals surface area contributed by atoms with Crippen LogP contribution in [0.1, 0.15) is 11.1 Å². The van der Waals surface area contributed by atoms with Crippen molar-refractivity contribution in [3.63, 3.8) is 0 Å². The molecule has 0 aliphatic heterocycles. The van der Waals surface area contributed by atoms with Gasteiger partial charge in [0.25, 0.3) is 0 Å². The van der Waals surface area contributed by atoms with Crippen LogP contribution in [0.5, 0.6) is 0 Å². The first-order valence-electron chi connectivity index (χ1n) is 4.53. The third-order valence-electron chi connectivity index (χ3n) is 2.36. The van der Waals surface area contributed by atoms with Crippen molar-refractivity contribution < 1.29 is 4.79 Å². The number of hydrogen-bond donors (Lipinski definition) is 0. The zero-order chi connectivity index (χ0) is 10.6. The molecule has 72 valence electrons. The fourth-order valence-corrected chi connectivity index (χ4v) is 1.60. The van der Waals surface area contributed by atoms with Crippen LogP contribution in [0.25, 0.3) is 10.8 Å². The van der Waals surface area contributed by atoms with Crippen molar-refractivity contribution in [3.8, 4) is 0 Å². The molecule has 0 heterocycles. The number of hydrogen-bond acceptors (Lipinski definition) is 1. The summed E-state index contributed by atoms with van der Waals surface area (Å²) >= 11 is 0. The summed E-state index contributed by atoms with van der Waals surface area (Å²) < 4.78 is 0. The number of aryl methyl sites for hydroxylation is 2. The number of fused-ring (bicyclic) bond motifs is 1. The Kier molecular flexibility index (Phi) is 3.41. The fourth-order valence-electron chi connectivity index (χ4n) is 1.60. The van der Waals surface area contributed by atoms with Gasteiger partial charge in [0.1, 0.15) is 6.79 Å². The van der Waals surface area contributed by atoms with E-state index in [1.807, 2.05) is 6.79 Å². The van der Waals surface area contributed by atoms with Crippen LogP contribution in [-0.2, 0) is 4.79 Å². The molecule has 2 aromatic rings. The smallest absolute Gasteiger partial charge is 0.106 e. The highest BCUT2D eigenvalue weighted by Crippen LogP contribution is 2.20. The molecule has 0 N–H and O–H groups in total. The minimum atomic E-state index is 1.36. The zero-order valence-electron chi connectivity index (χ0n) is 8.58. The van der Waals surface area contributed by atoms with E-state index in [1.165, 1.54) is 21.9 Å². The van der Waals surface area contributed by atoms with E-state index in [2.05, 4.69) is 50.2 Å². The Morgan fingerprint density at radius 2 is 1.14 bits per heavy atom. The summed E-state index contributed by atoms with van der Waals surface area (Å²) in [5, 5.41) is 2.75. The summed E-state index contributed by atoms with van der Waals surface area (Å²) in [4.78, 5) is 8.00. The highest BCUT2D eigenvalue weighted by atomic mass is 16.1. The molecule has 0 aliphatic rings. The van der Waals surface area contributed by atoms with Gasteiger partial charge in [0.2, 0.25) is 0 Å². The zero-order valence-corrected chi connectivity index (χ0v) is 8.58. The molecule has 0 saturated heterocycles. The van der Waals surface area contributed by atoms with E-state index in [0.29, 0.717) is 0 Å². The lowest BCUT2D eigenvalue weighted by atomic mass is 10.0. The molecule has 0 aromatic heterocycles. The largest absolute Gasteiger partial charge is 0.307 e. The Bertz CT molecular complexity index is 392. The Labute approximate surface area is 84.4 Å². The van der Waals surface area contributed by atoms with Gasteiger partial charge < -0.3 is 4.79 Å². The van der Waals surface area contributed by atoms with Gasteiger partial charge in [0, 0.05) is 0 Å². The molecule has 1 heteroatoms. The van der Waals surface area contributed by atoms with E-state index in [1.54, 1.807) is 0 Å². The summed E-state index contributed by atoms with van der Waals surface area (Å²) in [6.07, 6.45) is 0. The lowest BCUT2D eigenvalue weighted by Gasteiger charge is -2.03. The normalized spacial score (nSPS) is 9.29. The van der Waals surface area contributed by atoms with E-state index in [9.17, 15) is 0 Å². The second-order valence-corrected chi connectivity index (χ2v) is 3.24. The maximum atomic E-state index is 8.00. The molecule has 0 atom stereocenters. The Hall–Kier alpha value is -1.63. The average Bonchev–Trinajstić information content (AvgIpc) is 2.27. The molecule has 14 heavy (non-hydrogen) atoms. The van der Waals surface area contributed by atoms with E-state index >= 15 is 0 Å². The summed E-state index contributed by atoms with van der Waals surface area (Å²) in [5.41, 5.74) is 2.72. The quantitative estimate of drug-likeness (QED) is 0.617. The topological polar surface area (TPSA) is 17.1 Å². The van der Waals surface area contributed by atoms with E-state index in [0.717, 1.165) is 0 Å². The van der Waals surface area contributed by atoms with Gasteiger partial charge in [-0.3, -0.25) is 0 Å². The predicted octanol–water partition coefficient (Wildman–Crippen LogP) is 3.27. The standard InChI is InChI=1S/C12H12.CH2O/c1-9-7-8-10(2)12-6-4-3-5-11(9)12;1-2/h3-8H,1-2H3;1H2. The molecule has 0 bridgehead atoms. The number of carbonyl (C=O) groups is 1. The van der Waals surface area contributed by atoms with Crippen LogP contribution in [0.2, 0.25) is 0 Å². The van der Waals surface area contributed by atoms with Crippen molar-refractivity contribution in [2.45, 2.75) is 13.8 Å². The van der Waals surface area contributed by atoms with Gasteiger partial charge in [-0.15, -0.1) is 0 Å². The molecule has 0 amide bonds. The summed E-state index contributed by atoms with van der Waals surface area (Å²) in [5.74, 6) is 0. The first-order valence-corrected chi connectivity index (χ1v) is 4.53. The van der Waals surface area contributed by atoms with Crippen LogP contribution in [0, 0.1) is 13.8 Å². The first kappa shape index (κ1) is 10.5. The minimum Gasteiger partial charge on any atom is -0.307 e. The molecule has 0 unspecified atom stereocenters. The van der Waals surface area contributed by atoms with Crippen molar-refractivity contribution in [3.05, 3.63) is 47.5 Å². The van der Waals surface area contributed by atoms with Crippen molar-refractivity contribution >= 4 is 17.6 Å². The van der Waals surface area contributed by atoms with Crippen molar-refractivity contribution in [2.75, 3.05) is 0 Å². The Morgan fingerprint density at radius 3 is 1.50 bits per heavy atom. The van der Waals surface area contributed by atoms with Gasteiger partial charge in [-0.05, 0) is 35.7 Å². The molecule has 0 radical (unpaired) electrons. The van der Waals surface area contributed by atoms with E-state index < -0.39 is 0 Å². The number of carbonyl (C=O) groups excluding carboxylic acids is 1. The third-order valence-corrected chi connectivity index (χ3v) is 2.36. The van der Waals surface area contributed by atoms with Crippen molar-refractivity contribution in [2.24, 2.45) is 0 Å². The second kappa shape index (κ2) is 4.56. The van der Waals surface area contributed by atoms with Gasteiger partial charge >= 0.3 is 0 Å². The maximum Gasteiger partial charge on any atom is 0.106 e. The van der Waals surface area contributed by atoms with Crippen molar-refractivity contribution in [1.29, 1.82) is 0 Å². The van der Waals surface area contributed by atoms with Gasteiger partial charge in [-0.1, -0.05) is 36.4 Å².